The fourth-order valence-electron chi connectivity index (χ4n) is 1.94. The van der Waals surface area contributed by atoms with Crippen LogP contribution in [0.2, 0.25) is 0 Å². The molecule has 2 aromatic carbocycles. The molecule has 0 heterocycles. The third-order valence-electron chi connectivity index (χ3n) is 2.97. The highest BCUT2D eigenvalue weighted by molar-refractivity contribution is 14.1. The molecule has 0 aliphatic heterocycles. The molecular formula is C17H18INO3. The Bertz CT molecular complexity index is 658. The Morgan fingerprint density at radius 3 is 2.45 bits per heavy atom. The summed E-state index contributed by atoms with van der Waals surface area (Å²) in [6.45, 7) is 4.36. The first-order valence-electron chi connectivity index (χ1n) is 7.00. The van der Waals surface area contributed by atoms with E-state index in [1.165, 1.54) is 0 Å². The zero-order valence-electron chi connectivity index (χ0n) is 12.6. The predicted molar refractivity (Wildman–Crippen MR) is 95.6 cm³/mol. The van der Waals surface area contributed by atoms with Gasteiger partial charge in [-0.25, -0.2) is 0 Å². The molecule has 0 unspecified atom stereocenters. The standard InChI is InChI=1S/C17H18INO3/c1-3-21-15-6-4-5-7-16(15)22-11-17(20)19-14-9-8-13(18)10-12(14)2/h4-10H,3,11H2,1-2H3,(H,19,20). The molecule has 22 heavy (non-hydrogen) atoms. The fraction of sp³-hybridized carbons (Fsp3) is 0.235. The second kappa shape index (κ2) is 8.03. The van der Waals surface area contributed by atoms with Crippen molar-refractivity contribution in [3.63, 3.8) is 0 Å². The summed E-state index contributed by atoms with van der Waals surface area (Å²) in [5, 5.41) is 2.85. The van der Waals surface area contributed by atoms with Crippen LogP contribution in [0.1, 0.15) is 12.5 Å². The zero-order chi connectivity index (χ0) is 15.9. The third-order valence-corrected chi connectivity index (χ3v) is 3.64. The number of amides is 1. The first kappa shape index (κ1) is 16.6. The van der Waals surface area contributed by atoms with E-state index in [0.717, 1.165) is 14.8 Å². The molecule has 0 spiro atoms. The van der Waals surface area contributed by atoms with Crippen LogP contribution in [0.15, 0.2) is 42.5 Å². The second-order valence-electron chi connectivity index (χ2n) is 4.68. The fourth-order valence-corrected chi connectivity index (χ4v) is 2.59. The van der Waals surface area contributed by atoms with Crippen molar-refractivity contribution in [1.82, 2.24) is 0 Å². The molecule has 0 aliphatic carbocycles. The molecule has 1 N–H and O–H groups in total. The molecule has 2 rings (SSSR count). The Kier molecular flexibility index (Phi) is 6.06. The number of ether oxygens (including phenoxy) is 2. The molecule has 1 amide bonds. The SMILES string of the molecule is CCOc1ccccc1OCC(=O)Nc1ccc(I)cc1C. The van der Waals surface area contributed by atoms with Crippen LogP contribution in [0, 0.1) is 10.5 Å². The van der Waals surface area contributed by atoms with E-state index < -0.39 is 0 Å². The van der Waals surface area contributed by atoms with Gasteiger partial charge in [0, 0.05) is 9.26 Å². The minimum atomic E-state index is -0.199. The first-order chi connectivity index (χ1) is 10.6. The summed E-state index contributed by atoms with van der Waals surface area (Å²) < 4.78 is 12.1. The number of carbonyl (C=O) groups is 1. The maximum Gasteiger partial charge on any atom is 0.262 e. The first-order valence-corrected chi connectivity index (χ1v) is 8.08. The highest BCUT2D eigenvalue weighted by atomic mass is 127. The van der Waals surface area contributed by atoms with E-state index in [0.29, 0.717) is 18.1 Å². The second-order valence-corrected chi connectivity index (χ2v) is 5.92. The van der Waals surface area contributed by atoms with Gasteiger partial charge in [0.1, 0.15) is 0 Å². The lowest BCUT2D eigenvalue weighted by Crippen LogP contribution is -2.20. The predicted octanol–water partition coefficient (Wildman–Crippen LogP) is 4.02. The van der Waals surface area contributed by atoms with Crippen molar-refractivity contribution >= 4 is 34.2 Å². The molecule has 2 aromatic rings. The van der Waals surface area contributed by atoms with Gasteiger partial charge in [0.2, 0.25) is 0 Å². The van der Waals surface area contributed by atoms with Crippen LogP contribution in [0.25, 0.3) is 0 Å². The van der Waals surface area contributed by atoms with Gasteiger partial charge in [0.05, 0.1) is 6.61 Å². The van der Waals surface area contributed by atoms with Crippen LogP contribution in [0.4, 0.5) is 5.69 Å². The molecule has 0 radical (unpaired) electrons. The largest absolute Gasteiger partial charge is 0.490 e. The Labute approximate surface area is 144 Å². The Morgan fingerprint density at radius 1 is 1.14 bits per heavy atom. The normalized spacial score (nSPS) is 10.1. The lowest BCUT2D eigenvalue weighted by molar-refractivity contribution is -0.118. The number of hydrogen-bond acceptors (Lipinski definition) is 3. The Morgan fingerprint density at radius 2 is 1.82 bits per heavy atom. The van der Waals surface area contributed by atoms with Gasteiger partial charge in [0.25, 0.3) is 5.91 Å². The maximum atomic E-state index is 12.0. The number of aryl methyl sites for hydroxylation is 1. The van der Waals surface area contributed by atoms with Gasteiger partial charge >= 0.3 is 0 Å². The van der Waals surface area contributed by atoms with Crippen molar-refractivity contribution in [3.8, 4) is 11.5 Å². The molecule has 5 heteroatoms. The number of anilines is 1. The minimum Gasteiger partial charge on any atom is -0.490 e. The van der Waals surface area contributed by atoms with Crippen molar-refractivity contribution < 1.29 is 14.3 Å². The molecule has 0 saturated carbocycles. The maximum absolute atomic E-state index is 12.0. The zero-order valence-corrected chi connectivity index (χ0v) is 14.7. The average molecular weight is 411 g/mol. The Balaban J connectivity index is 1.95. The molecule has 0 atom stereocenters. The number of halogens is 1. The van der Waals surface area contributed by atoms with E-state index in [4.69, 9.17) is 9.47 Å². The van der Waals surface area contributed by atoms with Gasteiger partial charge in [-0.2, -0.15) is 0 Å². The smallest absolute Gasteiger partial charge is 0.262 e. The van der Waals surface area contributed by atoms with Gasteiger partial charge in [-0.3, -0.25) is 4.79 Å². The summed E-state index contributed by atoms with van der Waals surface area (Å²) >= 11 is 2.24. The monoisotopic (exact) mass is 411 g/mol. The molecule has 116 valence electrons. The highest BCUT2D eigenvalue weighted by Gasteiger charge is 2.09. The highest BCUT2D eigenvalue weighted by Crippen LogP contribution is 2.26. The van der Waals surface area contributed by atoms with E-state index in [1.54, 1.807) is 6.07 Å². The van der Waals surface area contributed by atoms with Crippen LogP contribution in [0.5, 0.6) is 11.5 Å². The average Bonchev–Trinajstić information content (AvgIpc) is 2.49. The van der Waals surface area contributed by atoms with Crippen molar-refractivity contribution in [3.05, 3.63) is 51.6 Å². The van der Waals surface area contributed by atoms with Gasteiger partial charge in [0.15, 0.2) is 18.1 Å². The van der Waals surface area contributed by atoms with Gasteiger partial charge in [-0.1, -0.05) is 12.1 Å². The van der Waals surface area contributed by atoms with Crippen molar-refractivity contribution in [2.75, 3.05) is 18.5 Å². The number of carbonyl (C=O) groups excluding carboxylic acids is 1. The third kappa shape index (κ3) is 4.62. The summed E-state index contributed by atoms with van der Waals surface area (Å²) in [5.74, 6) is 1.01. The van der Waals surface area contributed by atoms with Crippen molar-refractivity contribution in [1.29, 1.82) is 0 Å². The summed E-state index contributed by atoms with van der Waals surface area (Å²) in [6, 6.07) is 13.2. The van der Waals surface area contributed by atoms with E-state index in [-0.39, 0.29) is 12.5 Å². The van der Waals surface area contributed by atoms with E-state index >= 15 is 0 Å². The lowest BCUT2D eigenvalue weighted by atomic mass is 10.2. The number of hydrogen-bond donors (Lipinski definition) is 1. The van der Waals surface area contributed by atoms with Crippen molar-refractivity contribution in [2.24, 2.45) is 0 Å². The quantitative estimate of drug-likeness (QED) is 0.731. The van der Waals surface area contributed by atoms with E-state index in [2.05, 4.69) is 27.9 Å². The van der Waals surface area contributed by atoms with Gasteiger partial charge in [-0.05, 0) is 72.3 Å². The molecular weight excluding hydrogens is 393 g/mol. The topological polar surface area (TPSA) is 47.6 Å². The lowest BCUT2D eigenvalue weighted by Gasteiger charge is -2.12. The van der Waals surface area contributed by atoms with Crippen LogP contribution >= 0.6 is 22.6 Å². The van der Waals surface area contributed by atoms with E-state index in [9.17, 15) is 4.79 Å². The molecule has 4 nitrogen and oxygen atoms in total. The van der Waals surface area contributed by atoms with Gasteiger partial charge < -0.3 is 14.8 Å². The Hall–Kier alpha value is -1.76. The summed E-state index contributed by atoms with van der Waals surface area (Å²) in [4.78, 5) is 12.0. The molecule has 0 bridgehead atoms. The number of para-hydroxylation sites is 2. The van der Waals surface area contributed by atoms with Crippen LogP contribution in [-0.4, -0.2) is 19.1 Å². The molecule has 0 aromatic heterocycles. The molecule has 0 fully saturated rings. The van der Waals surface area contributed by atoms with Gasteiger partial charge in [-0.15, -0.1) is 0 Å². The van der Waals surface area contributed by atoms with Crippen molar-refractivity contribution in [2.45, 2.75) is 13.8 Å². The van der Waals surface area contributed by atoms with Crippen LogP contribution < -0.4 is 14.8 Å². The minimum absolute atomic E-state index is 0.0600. The molecule has 0 saturated heterocycles. The van der Waals surface area contributed by atoms with Crippen LogP contribution in [0.3, 0.4) is 0 Å². The van der Waals surface area contributed by atoms with Crippen LogP contribution in [-0.2, 0) is 4.79 Å². The molecule has 0 aliphatic rings. The number of nitrogens with one attached hydrogen (secondary N) is 1. The summed E-state index contributed by atoms with van der Waals surface area (Å²) in [7, 11) is 0. The van der Waals surface area contributed by atoms with E-state index in [1.807, 2.05) is 50.2 Å². The summed E-state index contributed by atoms with van der Waals surface area (Å²) in [6.07, 6.45) is 0. The number of benzene rings is 2. The summed E-state index contributed by atoms with van der Waals surface area (Å²) in [5.41, 5.74) is 1.82. The number of rotatable bonds is 6.